The Kier molecular flexibility index (Phi) is 8.92. The van der Waals surface area contributed by atoms with Gasteiger partial charge in [0.25, 0.3) is 0 Å². The van der Waals surface area contributed by atoms with E-state index in [2.05, 4.69) is 173 Å². The Bertz CT molecular complexity index is 1630. The van der Waals surface area contributed by atoms with E-state index in [1.165, 1.54) is 55.6 Å². The monoisotopic (exact) mass is 530 g/mol. The first-order valence-electron chi connectivity index (χ1n) is 14.4. The molecule has 0 amide bonds. The van der Waals surface area contributed by atoms with Crippen molar-refractivity contribution in [3.8, 4) is 11.1 Å². The van der Waals surface area contributed by atoms with E-state index in [9.17, 15) is 0 Å². The fraction of sp³-hybridized carbons (Fsp3) is 0.122. The highest BCUT2D eigenvalue weighted by Crippen LogP contribution is 2.36. The van der Waals surface area contributed by atoms with Crippen LogP contribution in [-0.4, -0.2) is 0 Å². The Morgan fingerprint density at radius 1 is 0.561 bits per heavy atom. The van der Waals surface area contributed by atoms with Gasteiger partial charge in [0.1, 0.15) is 0 Å². The third-order valence-corrected chi connectivity index (χ3v) is 7.74. The molecule has 0 bridgehead atoms. The van der Waals surface area contributed by atoms with Crippen LogP contribution in [0.1, 0.15) is 57.7 Å². The van der Waals surface area contributed by atoms with Crippen molar-refractivity contribution in [2.45, 2.75) is 32.6 Å². The van der Waals surface area contributed by atoms with Gasteiger partial charge in [0.15, 0.2) is 0 Å². The quantitative estimate of drug-likeness (QED) is 0.131. The Balaban J connectivity index is 1.48. The lowest BCUT2D eigenvalue weighted by Crippen LogP contribution is -2.04. The molecular formula is C41H38. The maximum atomic E-state index is 3.97. The number of allylic oxidation sites excluding steroid dienone is 5. The summed E-state index contributed by atoms with van der Waals surface area (Å²) in [7, 11) is 0. The maximum absolute atomic E-state index is 3.97. The molecule has 0 N–H and O–H groups in total. The van der Waals surface area contributed by atoms with Crippen molar-refractivity contribution in [3.05, 3.63) is 203 Å². The molecule has 2 unspecified atom stereocenters. The molecule has 0 aliphatic heterocycles. The molecule has 0 fully saturated rings. The van der Waals surface area contributed by atoms with E-state index in [1.807, 2.05) is 6.08 Å². The van der Waals surface area contributed by atoms with Crippen LogP contribution in [0.25, 0.3) is 11.1 Å². The average molecular weight is 531 g/mol. The van der Waals surface area contributed by atoms with E-state index in [1.54, 1.807) is 0 Å². The molecule has 5 rings (SSSR count). The van der Waals surface area contributed by atoms with Crippen LogP contribution in [0, 0.1) is 13.8 Å². The van der Waals surface area contributed by atoms with Crippen molar-refractivity contribution in [1.29, 1.82) is 0 Å². The fourth-order valence-electron chi connectivity index (χ4n) is 5.72. The predicted molar refractivity (Wildman–Crippen MR) is 177 cm³/mol. The lowest BCUT2D eigenvalue weighted by atomic mass is 9.83. The molecule has 5 aromatic rings. The zero-order valence-electron chi connectivity index (χ0n) is 24.3. The second kappa shape index (κ2) is 13.1. The number of rotatable bonds is 9. The SMILES string of the molecule is C=CC=C(C=CC)C(c1ccc(C)cc1)c1ccc(-c2ccc(C(c3ccccc3)c3cccc(C)c3)cc2)cc1. The van der Waals surface area contributed by atoms with Crippen LogP contribution in [0.15, 0.2) is 164 Å². The summed E-state index contributed by atoms with van der Waals surface area (Å²) in [5.74, 6) is 0.340. The minimum Gasteiger partial charge on any atom is -0.0991 e. The van der Waals surface area contributed by atoms with Crippen LogP contribution in [0.3, 0.4) is 0 Å². The molecule has 2 atom stereocenters. The molecule has 5 aromatic carbocycles. The van der Waals surface area contributed by atoms with Gasteiger partial charge in [-0.3, -0.25) is 0 Å². The summed E-state index contributed by atoms with van der Waals surface area (Å²) in [5, 5.41) is 0. The van der Waals surface area contributed by atoms with Gasteiger partial charge in [-0.05, 0) is 65.3 Å². The van der Waals surface area contributed by atoms with Crippen LogP contribution in [-0.2, 0) is 0 Å². The Labute approximate surface area is 246 Å². The number of hydrogen-bond donors (Lipinski definition) is 0. The zero-order valence-corrected chi connectivity index (χ0v) is 24.3. The van der Waals surface area contributed by atoms with Gasteiger partial charge < -0.3 is 0 Å². The molecule has 0 heteroatoms. The first kappa shape index (κ1) is 27.9. The van der Waals surface area contributed by atoms with Crippen molar-refractivity contribution < 1.29 is 0 Å². The highest BCUT2D eigenvalue weighted by Gasteiger charge is 2.19. The van der Waals surface area contributed by atoms with Crippen LogP contribution in [0.5, 0.6) is 0 Å². The van der Waals surface area contributed by atoms with Crippen molar-refractivity contribution in [3.63, 3.8) is 0 Å². The first-order chi connectivity index (χ1) is 20.1. The van der Waals surface area contributed by atoms with Crippen molar-refractivity contribution in [1.82, 2.24) is 0 Å². The molecule has 0 saturated heterocycles. The predicted octanol–water partition coefficient (Wildman–Crippen LogP) is 11.0. The van der Waals surface area contributed by atoms with Gasteiger partial charge in [-0.25, -0.2) is 0 Å². The van der Waals surface area contributed by atoms with Crippen molar-refractivity contribution in [2.24, 2.45) is 0 Å². The third kappa shape index (κ3) is 6.56. The summed E-state index contributed by atoms with van der Waals surface area (Å²) < 4.78 is 0. The Morgan fingerprint density at radius 3 is 1.66 bits per heavy atom. The largest absolute Gasteiger partial charge is 0.0991 e. The standard InChI is InChI=1S/C41H38/c1-5-11-34(12-6-2)40(36-19-17-30(3)18-20-36)37-25-21-32(22-26-37)33-23-27-38(28-24-33)41(35-14-8-7-9-15-35)39-16-10-13-31(4)29-39/h5-29,40-41H,1H2,2-4H3. The molecule has 0 saturated carbocycles. The second-order valence-corrected chi connectivity index (χ2v) is 10.7. The molecule has 0 aromatic heterocycles. The van der Waals surface area contributed by atoms with Gasteiger partial charge in [-0.2, -0.15) is 0 Å². The molecule has 0 aliphatic rings. The first-order valence-corrected chi connectivity index (χ1v) is 14.4. The third-order valence-electron chi connectivity index (χ3n) is 7.74. The van der Waals surface area contributed by atoms with Crippen LogP contribution >= 0.6 is 0 Å². The summed E-state index contributed by atoms with van der Waals surface area (Å²) in [5.41, 5.74) is 12.7. The maximum Gasteiger partial charge on any atom is 0.0340 e. The Hall–Kier alpha value is -4.68. The van der Waals surface area contributed by atoms with E-state index in [0.29, 0.717) is 0 Å². The molecule has 202 valence electrons. The topological polar surface area (TPSA) is 0 Å². The second-order valence-electron chi connectivity index (χ2n) is 10.7. The Morgan fingerprint density at radius 2 is 1.10 bits per heavy atom. The molecule has 41 heavy (non-hydrogen) atoms. The summed E-state index contributed by atoms with van der Waals surface area (Å²) in [6.07, 6.45) is 8.29. The fourth-order valence-corrected chi connectivity index (χ4v) is 5.72. The van der Waals surface area contributed by atoms with E-state index < -0.39 is 0 Å². The lowest BCUT2D eigenvalue weighted by molar-refractivity contribution is 0.973. The van der Waals surface area contributed by atoms with Gasteiger partial charge in [0.2, 0.25) is 0 Å². The van der Waals surface area contributed by atoms with Crippen molar-refractivity contribution >= 4 is 0 Å². The van der Waals surface area contributed by atoms with Gasteiger partial charge >= 0.3 is 0 Å². The summed E-state index contributed by atoms with van der Waals surface area (Å²) in [6, 6.07) is 46.7. The summed E-state index contributed by atoms with van der Waals surface area (Å²) in [4.78, 5) is 0. The number of aryl methyl sites for hydroxylation is 2. The molecular weight excluding hydrogens is 492 g/mol. The smallest absolute Gasteiger partial charge is 0.0340 e. The minimum atomic E-state index is 0.141. The molecule has 0 nitrogen and oxygen atoms in total. The molecule has 0 aliphatic carbocycles. The van der Waals surface area contributed by atoms with E-state index >= 15 is 0 Å². The highest BCUT2D eigenvalue weighted by molar-refractivity contribution is 5.65. The normalized spacial score (nSPS) is 13.2. The lowest BCUT2D eigenvalue weighted by Gasteiger charge is -2.21. The van der Waals surface area contributed by atoms with E-state index in [0.717, 1.165) is 0 Å². The van der Waals surface area contributed by atoms with Crippen LogP contribution in [0.4, 0.5) is 0 Å². The highest BCUT2D eigenvalue weighted by atomic mass is 14.2. The van der Waals surface area contributed by atoms with Crippen LogP contribution in [0.2, 0.25) is 0 Å². The van der Waals surface area contributed by atoms with E-state index in [4.69, 9.17) is 0 Å². The number of hydrogen-bond acceptors (Lipinski definition) is 0. The van der Waals surface area contributed by atoms with Gasteiger partial charge in [0, 0.05) is 11.8 Å². The molecule has 0 radical (unpaired) electrons. The van der Waals surface area contributed by atoms with Crippen molar-refractivity contribution in [2.75, 3.05) is 0 Å². The summed E-state index contributed by atoms with van der Waals surface area (Å²) in [6.45, 7) is 10.3. The number of benzene rings is 5. The minimum absolute atomic E-state index is 0.141. The van der Waals surface area contributed by atoms with E-state index in [-0.39, 0.29) is 11.8 Å². The molecule has 0 spiro atoms. The van der Waals surface area contributed by atoms with Crippen LogP contribution < -0.4 is 0 Å². The van der Waals surface area contributed by atoms with Gasteiger partial charge in [-0.1, -0.05) is 169 Å². The average Bonchev–Trinajstić information content (AvgIpc) is 3.00. The molecule has 0 heterocycles. The summed E-state index contributed by atoms with van der Waals surface area (Å²) >= 11 is 0. The zero-order chi connectivity index (χ0) is 28.6. The van der Waals surface area contributed by atoms with Gasteiger partial charge in [-0.15, -0.1) is 0 Å². The van der Waals surface area contributed by atoms with Gasteiger partial charge in [0.05, 0.1) is 0 Å².